The van der Waals surface area contributed by atoms with E-state index in [-0.39, 0.29) is 0 Å². The average Bonchev–Trinajstić information content (AvgIpc) is 2.65. The SMILES string of the molecule is CC(C)(O)c1cn(-c2ccc(Br)cc2Br)nn1. The molecule has 1 aromatic carbocycles. The lowest BCUT2D eigenvalue weighted by atomic mass is 10.1. The number of benzene rings is 1. The van der Waals surface area contributed by atoms with E-state index in [9.17, 15) is 5.11 Å². The summed E-state index contributed by atoms with van der Waals surface area (Å²) >= 11 is 6.85. The molecule has 0 saturated carbocycles. The Bertz CT molecular complexity index is 546. The van der Waals surface area contributed by atoms with Crippen LogP contribution in [-0.2, 0) is 5.60 Å². The van der Waals surface area contributed by atoms with Crippen LogP contribution in [0.4, 0.5) is 0 Å². The molecule has 0 aliphatic heterocycles. The van der Waals surface area contributed by atoms with E-state index in [0.29, 0.717) is 5.69 Å². The third-order valence-electron chi connectivity index (χ3n) is 2.28. The van der Waals surface area contributed by atoms with Gasteiger partial charge in [-0.25, -0.2) is 4.68 Å². The molecule has 0 amide bonds. The Morgan fingerprint density at radius 3 is 2.53 bits per heavy atom. The molecule has 4 nitrogen and oxygen atoms in total. The summed E-state index contributed by atoms with van der Waals surface area (Å²) in [5.41, 5.74) is 0.420. The van der Waals surface area contributed by atoms with Crippen LogP contribution in [0.25, 0.3) is 5.69 Å². The number of hydrogen-bond donors (Lipinski definition) is 1. The van der Waals surface area contributed by atoms with Crippen molar-refractivity contribution in [2.24, 2.45) is 0 Å². The van der Waals surface area contributed by atoms with Crippen molar-refractivity contribution in [3.05, 3.63) is 39.0 Å². The first-order valence-corrected chi connectivity index (χ1v) is 6.57. The topological polar surface area (TPSA) is 50.9 Å². The summed E-state index contributed by atoms with van der Waals surface area (Å²) in [5.74, 6) is 0. The zero-order valence-corrected chi connectivity index (χ0v) is 12.5. The van der Waals surface area contributed by atoms with Gasteiger partial charge in [-0.1, -0.05) is 21.1 Å². The molecule has 2 rings (SSSR count). The molecule has 2 aromatic rings. The van der Waals surface area contributed by atoms with Crippen molar-refractivity contribution in [2.45, 2.75) is 19.4 Å². The van der Waals surface area contributed by atoms with E-state index in [1.165, 1.54) is 0 Å². The molecule has 0 aliphatic rings. The molecule has 0 spiro atoms. The Hall–Kier alpha value is -0.720. The monoisotopic (exact) mass is 359 g/mol. The Morgan fingerprint density at radius 1 is 1.29 bits per heavy atom. The van der Waals surface area contributed by atoms with Gasteiger partial charge in [-0.3, -0.25) is 0 Å². The van der Waals surface area contributed by atoms with Gasteiger partial charge in [-0.05, 0) is 48.0 Å². The van der Waals surface area contributed by atoms with Gasteiger partial charge in [-0.15, -0.1) is 5.10 Å². The Labute approximate surface area is 116 Å². The highest BCUT2D eigenvalue weighted by atomic mass is 79.9. The maximum Gasteiger partial charge on any atom is 0.114 e. The van der Waals surface area contributed by atoms with Crippen molar-refractivity contribution in [2.75, 3.05) is 0 Å². The molecule has 0 radical (unpaired) electrons. The largest absolute Gasteiger partial charge is 0.384 e. The van der Waals surface area contributed by atoms with Crippen LogP contribution in [0.1, 0.15) is 19.5 Å². The minimum absolute atomic E-state index is 0.535. The molecule has 6 heteroatoms. The zero-order chi connectivity index (χ0) is 12.6. The summed E-state index contributed by atoms with van der Waals surface area (Å²) in [4.78, 5) is 0. The Morgan fingerprint density at radius 2 is 2.00 bits per heavy atom. The highest BCUT2D eigenvalue weighted by Crippen LogP contribution is 2.25. The Balaban J connectivity index is 2.44. The molecular formula is C11H11Br2N3O. The Kier molecular flexibility index (Phi) is 3.38. The minimum Gasteiger partial charge on any atom is -0.384 e. The molecule has 1 heterocycles. The molecule has 90 valence electrons. The molecule has 0 aliphatic carbocycles. The van der Waals surface area contributed by atoms with Gasteiger partial charge >= 0.3 is 0 Å². The van der Waals surface area contributed by atoms with Gasteiger partial charge in [0, 0.05) is 8.95 Å². The first kappa shape index (κ1) is 12.7. The van der Waals surface area contributed by atoms with Gasteiger partial charge in [0.25, 0.3) is 0 Å². The van der Waals surface area contributed by atoms with Gasteiger partial charge in [0.2, 0.25) is 0 Å². The number of hydrogen-bond acceptors (Lipinski definition) is 3. The van der Waals surface area contributed by atoms with Crippen LogP contribution in [-0.4, -0.2) is 20.1 Å². The van der Waals surface area contributed by atoms with Crippen LogP contribution in [0.15, 0.2) is 33.3 Å². The zero-order valence-electron chi connectivity index (χ0n) is 9.35. The normalized spacial score (nSPS) is 11.8. The van der Waals surface area contributed by atoms with Gasteiger partial charge < -0.3 is 5.11 Å². The van der Waals surface area contributed by atoms with Crippen molar-refractivity contribution in [3.8, 4) is 5.69 Å². The smallest absolute Gasteiger partial charge is 0.114 e. The van der Waals surface area contributed by atoms with E-state index in [2.05, 4.69) is 42.2 Å². The molecule has 1 N–H and O–H groups in total. The van der Waals surface area contributed by atoms with Crippen LogP contribution in [0.3, 0.4) is 0 Å². The van der Waals surface area contributed by atoms with Gasteiger partial charge in [0.05, 0.1) is 11.9 Å². The number of aromatic nitrogens is 3. The van der Waals surface area contributed by atoms with E-state index in [0.717, 1.165) is 14.6 Å². The van der Waals surface area contributed by atoms with E-state index in [1.54, 1.807) is 24.7 Å². The van der Waals surface area contributed by atoms with Gasteiger partial charge in [0.1, 0.15) is 11.3 Å². The number of nitrogens with zero attached hydrogens (tertiary/aromatic N) is 3. The van der Waals surface area contributed by atoms with Crippen LogP contribution in [0.2, 0.25) is 0 Å². The number of aliphatic hydroxyl groups is 1. The van der Waals surface area contributed by atoms with Crippen LogP contribution in [0, 0.1) is 0 Å². The predicted molar refractivity (Wildman–Crippen MR) is 72.0 cm³/mol. The van der Waals surface area contributed by atoms with Crippen LogP contribution < -0.4 is 0 Å². The average molecular weight is 361 g/mol. The molecule has 17 heavy (non-hydrogen) atoms. The summed E-state index contributed by atoms with van der Waals surface area (Å²) < 4.78 is 3.51. The second-order valence-corrected chi connectivity index (χ2v) is 5.97. The van der Waals surface area contributed by atoms with E-state index in [1.807, 2.05) is 18.2 Å². The number of halogens is 2. The van der Waals surface area contributed by atoms with E-state index < -0.39 is 5.60 Å². The summed E-state index contributed by atoms with van der Waals surface area (Å²) in [6.07, 6.45) is 1.72. The molecule has 0 saturated heterocycles. The quantitative estimate of drug-likeness (QED) is 0.895. The lowest BCUT2D eigenvalue weighted by Gasteiger charge is -2.11. The van der Waals surface area contributed by atoms with Crippen LogP contribution in [0.5, 0.6) is 0 Å². The molecular weight excluding hydrogens is 350 g/mol. The molecule has 0 atom stereocenters. The lowest BCUT2D eigenvalue weighted by molar-refractivity contribution is 0.0737. The minimum atomic E-state index is -0.986. The van der Waals surface area contributed by atoms with Crippen molar-refractivity contribution in [1.82, 2.24) is 15.0 Å². The molecule has 0 unspecified atom stereocenters. The van der Waals surface area contributed by atoms with Crippen molar-refractivity contribution >= 4 is 31.9 Å². The third kappa shape index (κ3) is 2.75. The number of rotatable bonds is 2. The second-order valence-electron chi connectivity index (χ2n) is 4.20. The molecule has 0 fully saturated rings. The van der Waals surface area contributed by atoms with E-state index in [4.69, 9.17) is 0 Å². The van der Waals surface area contributed by atoms with Crippen molar-refractivity contribution in [1.29, 1.82) is 0 Å². The highest BCUT2D eigenvalue weighted by Gasteiger charge is 2.20. The highest BCUT2D eigenvalue weighted by molar-refractivity contribution is 9.11. The fourth-order valence-electron chi connectivity index (χ4n) is 1.33. The maximum absolute atomic E-state index is 9.83. The first-order chi connectivity index (χ1) is 7.88. The summed E-state index contributed by atoms with van der Waals surface area (Å²) in [6, 6.07) is 5.77. The van der Waals surface area contributed by atoms with Crippen molar-refractivity contribution < 1.29 is 5.11 Å². The van der Waals surface area contributed by atoms with Gasteiger partial charge in [0.15, 0.2) is 0 Å². The lowest BCUT2D eigenvalue weighted by Crippen LogP contribution is -2.15. The van der Waals surface area contributed by atoms with Crippen molar-refractivity contribution in [3.63, 3.8) is 0 Å². The summed E-state index contributed by atoms with van der Waals surface area (Å²) in [5, 5.41) is 17.8. The fourth-order valence-corrected chi connectivity index (χ4v) is 2.56. The van der Waals surface area contributed by atoms with Gasteiger partial charge in [-0.2, -0.15) is 0 Å². The molecule has 0 bridgehead atoms. The van der Waals surface area contributed by atoms with Crippen LogP contribution >= 0.6 is 31.9 Å². The fraction of sp³-hybridized carbons (Fsp3) is 0.273. The molecule has 1 aromatic heterocycles. The van der Waals surface area contributed by atoms with E-state index >= 15 is 0 Å². The predicted octanol–water partition coefficient (Wildman–Crippen LogP) is 3.02. The standard InChI is InChI=1S/C11H11Br2N3O/c1-11(2,17)10-6-16(15-14-10)9-4-3-7(12)5-8(9)13/h3-6,17H,1-2H3. The second kappa shape index (κ2) is 4.51. The first-order valence-electron chi connectivity index (χ1n) is 4.98. The third-order valence-corrected chi connectivity index (χ3v) is 3.41. The summed E-state index contributed by atoms with van der Waals surface area (Å²) in [6.45, 7) is 3.36. The maximum atomic E-state index is 9.83. The summed E-state index contributed by atoms with van der Waals surface area (Å²) in [7, 11) is 0.